The molecule has 31 heavy (non-hydrogen) atoms. The molecule has 160 valence electrons. The highest BCUT2D eigenvalue weighted by atomic mass is 16.5. The molecule has 0 bridgehead atoms. The van der Waals surface area contributed by atoms with E-state index >= 15 is 0 Å². The van der Waals surface area contributed by atoms with E-state index in [-0.39, 0.29) is 18.3 Å². The summed E-state index contributed by atoms with van der Waals surface area (Å²) in [5.41, 5.74) is 3.67. The Kier molecular flexibility index (Phi) is 6.15. The first-order valence-corrected chi connectivity index (χ1v) is 9.91. The van der Waals surface area contributed by atoms with Gasteiger partial charge in [-0.05, 0) is 56.3 Å². The van der Waals surface area contributed by atoms with Gasteiger partial charge in [0.05, 0.1) is 28.0 Å². The molecule has 0 aliphatic rings. The van der Waals surface area contributed by atoms with Crippen LogP contribution in [0, 0.1) is 19.3 Å². The first-order chi connectivity index (χ1) is 14.5. The van der Waals surface area contributed by atoms with Gasteiger partial charge in [0.2, 0.25) is 5.91 Å². The van der Waals surface area contributed by atoms with Crippen LogP contribution in [0.15, 0.2) is 42.5 Å². The van der Waals surface area contributed by atoms with Crippen LogP contribution in [0.25, 0.3) is 11.0 Å². The van der Waals surface area contributed by atoms with Gasteiger partial charge in [0, 0.05) is 16.7 Å². The van der Waals surface area contributed by atoms with Crippen LogP contribution < -0.4 is 5.32 Å². The molecule has 3 rings (SSSR count). The lowest BCUT2D eigenvalue weighted by molar-refractivity contribution is -0.123. The Morgan fingerprint density at radius 2 is 1.45 bits per heavy atom. The van der Waals surface area contributed by atoms with Crippen molar-refractivity contribution in [3.63, 3.8) is 0 Å². The van der Waals surface area contributed by atoms with Crippen LogP contribution in [0.4, 0.5) is 5.69 Å². The Morgan fingerprint density at radius 3 is 2.06 bits per heavy atom. The summed E-state index contributed by atoms with van der Waals surface area (Å²) in [4.78, 5) is 45.7. The van der Waals surface area contributed by atoms with E-state index in [0.29, 0.717) is 27.8 Å². The molecule has 0 saturated carbocycles. The number of nitrogens with one attached hydrogen (secondary N) is 1. The highest BCUT2D eigenvalue weighted by Crippen LogP contribution is 2.18. The Balaban J connectivity index is 1.62. The van der Waals surface area contributed by atoms with Gasteiger partial charge in [-0.1, -0.05) is 20.8 Å². The van der Waals surface area contributed by atoms with Crippen molar-refractivity contribution in [1.82, 2.24) is 9.97 Å². The molecule has 0 unspecified atom stereocenters. The minimum Gasteiger partial charge on any atom is -0.454 e. The fourth-order valence-electron chi connectivity index (χ4n) is 2.71. The Hall–Kier alpha value is -3.61. The normalized spacial score (nSPS) is 11.3. The molecule has 2 aromatic carbocycles. The summed E-state index contributed by atoms with van der Waals surface area (Å²) >= 11 is 0. The molecular weight excluding hydrogens is 394 g/mol. The largest absolute Gasteiger partial charge is 0.454 e. The SMILES string of the molecule is Cc1nc2ccc(C(=O)OCC(=O)c3ccc(NC(=O)C(C)(C)C)cc3)cc2nc1C. The average molecular weight is 419 g/mol. The second-order valence-corrected chi connectivity index (χ2v) is 8.38. The predicted molar refractivity (Wildman–Crippen MR) is 118 cm³/mol. The first kappa shape index (κ1) is 22.1. The molecule has 1 aromatic heterocycles. The van der Waals surface area contributed by atoms with Crippen LogP contribution in [-0.4, -0.2) is 34.2 Å². The number of carbonyl (C=O) groups excluding carboxylic acids is 3. The Bertz CT molecular complexity index is 1160. The number of carbonyl (C=O) groups is 3. The lowest BCUT2D eigenvalue weighted by Crippen LogP contribution is -2.27. The van der Waals surface area contributed by atoms with Gasteiger partial charge in [0.1, 0.15) is 0 Å². The van der Waals surface area contributed by atoms with Gasteiger partial charge in [0.15, 0.2) is 12.4 Å². The number of hydrogen-bond acceptors (Lipinski definition) is 6. The molecule has 1 N–H and O–H groups in total. The molecule has 0 saturated heterocycles. The maximum Gasteiger partial charge on any atom is 0.338 e. The van der Waals surface area contributed by atoms with Crippen LogP contribution in [-0.2, 0) is 9.53 Å². The number of Topliss-reactive ketones (excluding diaryl/α,β-unsaturated/α-hetero) is 1. The van der Waals surface area contributed by atoms with Crippen molar-refractivity contribution >= 4 is 34.4 Å². The zero-order chi connectivity index (χ0) is 22.8. The summed E-state index contributed by atoms with van der Waals surface area (Å²) in [6.07, 6.45) is 0. The van der Waals surface area contributed by atoms with Crippen molar-refractivity contribution in [1.29, 1.82) is 0 Å². The summed E-state index contributed by atoms with van der Waals surface area (Å²) in [6.45, 7) is 8.80. The lowest BCUT2D eigenvalue weighted by atomic mass is 9.95. The van der Waals surface area contributed by atoms with Gasteiger partial charge in [0.25, 0.3) is 0 Å². The fraction of sp³-hybridized carbons (Fsp3) is 0.292. The van der Waals surface area contributed by atoms with Crippen LogP contribution in [0.3, 0.4) is 0 Å². The second-order valence-electron chi connectivity index (χ2n) is 8.38. The zero-order valence-electron chi connectivity index (χ0n) is 18.3. The van der Waals surface area contributed by atoms with Crippen LogP contribution in [0.1, 0.15) is 52.9 Å². The molecule has 0 aliphatic heterocycles. The summed E-state index contributed by atoms with van der Waals surface area (Å²) in [5.74, 6) is -1.07. The number of aryl methyl sites for hydroxylation is 2. The molecule has 1 heterocycles. The molecule has 7 nitrogen and oxygen atoms in total. The van der Waals surface area contributed by atoms with E-state index in [0.717, 1.165) is 11.4 Å². The third-order valence-corrected chi connectivity index (χ3v) is 4.79. The smallest absolute Gasteiger partial charge is 0.338 e. The number of ether oxygens (including phenoxy) is 1. The molecule has 1 amide bonds. The molecule has 3 aromatic rings. The molecule has 0 aliphatic carbocycles. The molecule has 0 fully saturated rings. The summed E-state index contributed by atoms with van der Waals surface area (Å²) < 4.78 is 5.18. The number of ketones is 1. The van der Waals surface area contributed by atoms with Gasteiger partial charge in [-0.2, -0.15) is 0 Å². The van der Waals surface area contributed by atoms with Gasteiger partial charge >= 0.3 is 5.97 Å². The number of esters is 1. The summed E-state index contributed by atoms with van der Waals surface area (Å²) in [6, 6.07) is 11.4. The van der Waals surface area contributed by atoms with Crippen LogP contribution in [0.5, 0.6) is 0 Å². The number of rotatable bonds is 5. The van der Waals surface area contributed by atoms with Crippen LogP contribution in [0.2, 0.25) is 0 Å². The molecule has 0 radical (unpaired) electrons. The second kappa shape index (κ2) is 8.63. The van der Waals surface area contributed by atoms with E-state index in [1.807, 2.05) is 34.6 Å². The monoisotopic (exact) mass is 419 g/mol. The van der Waals surface area contributed by atoms with E-state index in [2.05, 4.69) is 15.3 Å². The Morgan fingerprint density at radius 1 is 0.871 bits per heavy atom. The van der Waals surface area contributed by atoms with E-state index in [9.17, 15) is 14.4 Å². The highest BCUT2D eigenvalue weighted by molar-refractivity contribution is 6.01. The van der Waals surface area contributed by atoms with Gasteiger partial charge in [-0.25, -0.2) is 14.8 Å². The maximum atomic E-state index is 12.4. The van der Waals surface area contributed by atoms with Crippen molar-refractivity contribution in [2.45, 2.75) is 34.6 Å². The number of hydrogen-bond donors (Lipinski definition) is 1. The number of aromatic nitrogens is 2. The van der Waals surface area contributed by atoms with Crippen molar-refractivity contribution in [3.05, 3.63) is 65.0 Å². The quantitative estimate of drug-likeness (QED) is 0.490. The van der Waals surface area contributed by atoms with E-state index < -0.39 is 11.4 Å². The first-order valence-electron chi connectivity index (χ1n) is 9.91. The van der Waals surface area contributed by atoms with Gasteiger partial charge in [-0.15, -0.1) is 0 Å². The van der Waals surface area contributed by atoms with E-state index in [4.69, 9.17) is 4.74 Å². The zero-order valence-corrected chi connectivity index (χ0v) is 18.3. The topological polar surface area (TPSA) is 98.2 Å². The van der Waals surface area contributed by atoms with Gasteiger partial charge in [-0.3, -0.25) is 9.59 Å². The Labute approximate surface area is 180 Å². The molecule has 0 spiro atoms. The van der Waals surface area contributed by atoms with E-state index in [1.54, 1.807) is 42.5 Å². The lowest BCUT2D eigenvalue weighted by Gasteiger charge is -2.17. The van der Waals surface area contributed by atoms with Crippen molar-refractivity contribution in [2.75, 3.05) is 11.9 Å². The third-order valence-electron chi connectivity index (χ3n) is 4.79. The molecule has 0 atom stereocenters. The van der Waals surface area contributed by atoms with Gasteiger partial charge < -0.3 is 10.1 Å². The molecule has 7 heteroatoms. The minimum atomic E-state index is -0.607. The van der Waals surface area contributed by atoms with Crippen molar-refractivity contribution in [3.8, 4) is 0 Å². The summed E-state index contributed by atoms with van der Waals surface area (Å²) in [5, 5.41) is 2.80. The predicted octanol–water partition coefficient (Wildman–Crippen LogP) is 4.27. The number of nitrogens with zero attached hydrogens (tertiary/aromatic N) is 2. The van der Waals surface area contributed by atoms with Crippen molar-refractivity contribution in [2.24, 2.45) is 5.41 Å². The van der Waals surface area contributed by atoms with Crippen molar-refractivity contribution < 1.29 is 19.1 Å². The fourth-order valence-corrected chi connectivity index (χ4v) is 2.71. The van der Waals surface area contributed by atoms with E-state index in [1.165, 1.54) is 0 Å². The maximum absolute atomic E-state index is 12.4. The number of fused-ring (bicyclic) bond motifs is 1. The minimum absolute atomic E-state index is 0.120. The van der Waals surface area contributed by atoms with Crippen LogP contribution >= 0.6 is 0 Å². The number of amides is 1. The number of benzene rings is 2. The standard InChI is InChI=1S/C24H25N3O4/c1-14-15(2)26-20-12-17(8-11-19(20)25-14)22(29)31-13-21(28)16-6-9-18(10-7-16)27-23(30)24(3,4)5/h6-12H,13H2,1-5H3,(H,27,30). The summed E-state index contributed by atoms with van der Waals surface area (Å²) in [7, 11) is 0. The third kappa shape index (κ3) is 5.31. The average Bonchev–Trinajstić information content (AvgIpc) is 2.72. The molecular formula is C24H25N3O4. The highest BCUT2D eigenvalue weighted by Gasteiger charge is 2.21. The number of anilines is 1.